The Morgan fingerprint density at radius 3 is 2.00 bits per heavy atom. The fourth-order valence-corrected chi connectivity index (χ4v) is 4.44. The molecule has 3 N–H and O–H groups in total. The fraction of sp³-hybridized carbons (Fsp3) is 0.667. The van der Waals surface area contributed by atoms with Crippen LogP contribution in [0.3, 0.4) is 0 Å². The van der Waals surface area contributed by atoms with Crippen molar-refractivity contribution >= 4 is 17.8 Å². The minimum atomic E-state index is -5.08. The third-order valence-corrected chi connectivity index (χ3v) is 6.48. The molecule has 40 heavy (non-hydrogen) atoms. The van der Waals surface area contributed by atoms with Gasteiger partial charge >= 0.3 is 24.3 Å². The molecule has 0 aromatic carbocycles. The Morgan fingerprint density at radius 1 is 0.925 bits per heavy atom. The minimum absolute atomic E-state index is 0.0718. The topological polar surface area (TPSA) is 138 Å². The number of amides is 1. The standard InChI is InChI=1S/C20H29N3O3.2C2HF3O2/c24-20(22-13-15-6-11-25-12-7-15)19-2-1-17-18(26-19)5-10-23(17)14-16-3-8-21-9-4-16;2*3-2(4,5)1(6)7/h3-4,8-9,15,17-19H,1-2,5-7,10-14H2,(H,22,24);2*(H,6,7)/t17-,18-,19+;;/m1../s1. The van der Waals surface area contributed by atoms with Crippen molar-refractivity contribution in [1.29, 1.82) is 0 Å². The first kappa shape index (κ1) is 33.2. The number of likely N-dealkylation sites (tertiary alicyclic amines) is 1. The summed E-state index contributed by atoms with van der Waals surface area (Å²) in [6.45, 7) is 4.36. The van der Waals surface area contributed by atoms with E-state index in [-0.39, 0.29) is 18.1 Å². The lowest BCUT2D eigenvalue weighted by Gasteiger charge is -2.35. The molecule has 3 saturated heterocycles. The summed E-state index contributed by atoms with van der Waals surface area (Å²) >= 11 is 0. The highest BCUT2D eigenvalue weighted by Crippen LogP contribution is 2.32. The number of halogens is 6. The number of fused-ring (bicyclic) bond motifs is 1. The lowest BCUT2D eigenvalue weighted by molar-refractivity contribution is -0.193. The molecule has 3 atom stereocenters. The number of alkyl halides is 6. The normalized spacial score (nSPS) is 23.5. The average molecular weight is 588 g/mol. The maximum Gasteiger partial charge on any atom is 0.490 e. The molecule has 16 heteroatoms. The molecule has 3 fully saturated rings. The monoisotopic (exact) mass is 587 g/mol. The maximum absolute atomic E-state index is 12.5. The van der Waals surface area contributed by atoms with Gasteiger partial charge in [-0.3, -0.25) is 14.7 Å². The van der Waals surface area contributed by atoms with Gasteiger partial charge in [-0.2, -0.15) is 26.3 Å². The largest absolute Gasteiger partial charge is 0.490 e. The van der Waals surface area contributed by atoms with Gasteiger partial charge in [0.05, 0.1) is 6.10 Å². The van der Waals surface area contributed by atoms with Gasteiger partial charge in [-0.15, -0.1) is 0 Å². The third-order valence-electron chi connectivity index (χ3n) is 6.48. The van der Waals surface area contributed by atoms with Crippen molar-refractivity contribution in [3.8, 4) is 0 Å². The molecule has 0 spiro atoms. The van der Waals surface area contributed by atoms with E-state index in [9.17, 15) is 31.1 Å². The van der Waals surface area contributed by atoms with Crippen LogP contribution in [0.5, 0.6) is 0 Å². The molecule has 1 aromatic rings. The number of rotatable bonds is 5. The van der Waals surface area contributed by atoms with Gasteiger partial charge in [0.25, 0.3) is 0 Å². The fourth-order valence-electron chi connectivity index (χ4n) is 4.44. The molecule has 3 aliphatic heterocycles. The molecule has 10 nitrogen and oxygen atoms in total. The molecule has 1 amide bonds. The number of carboxylic acid groups (broad SMARTS) is 2. The molecular weight excluding hydrogens is 556 g/mol. The summed E-state index contributed by atoms with van der Waals surface area (Å²) in [7, 11) is 0. The lowest BCUT2D eigenvalue weighted by Crippen LogP contribution is -2.48. The smallest absolute Gasteiger partial charge is 0.475 e. The van der Waals surface area contributed by atoms with E-state index in [2.05, 4.69) is 27.3 Å². The number of nitrogens with zero attached hydrogens (tertiary/aromatic N) is 2. The number of aromatic nitrogens is 1. The minimum Gasteiger partial charge on any atom is -0.475 e. The van der Waals surface area contributed by atoms with Crippen LogP contribution in [0.4, 0.5) is 26.3 Å². The number of carbonyl (C=O) groups is 3. The number of pyridine rings is 1. The van der Waals surface area contributed by atoms with E-state index in [1.54, 1.807) is 0 Å². The predicted octanol–water partition coefficient (Wildman–Crippen LogP) is 3.01. The first-order chi connectivity index (χ1) is 18.7. The number of aliphatic carboxylic acids is 2. The van der Waals surface area contributed by atoms with E-state index in [1.165, 1.54) is 5.56 Å². The molecule has 0 saturated carbocycles. The lowest BCUT2D eigenvalue weighted by atomic mass is 9.97. The van der Waals surface area contributed by atoms with E-state index < -0.39 is 24.3 Å². The zero-order valence-corrected chi connectivity index (χ0v) is 21.3. The molecule has 0 bridgehead atoms. The maximum atomic E-state index is 12.5. The molecule has 0 radical (unpaired) electrons. The number of hydrogen-bond acceptors (Lipinski definition) is 7. The van der Waals surface area contributed by atoms with E-state index in [0.717, 1.165) is 65.0 Å². The second-order valence-corrected chi connectivity index (χ2v) is 9.33. The average Bonchev–Trinajstić information content (AvgIpc) is 3.30. The first-order valence-corrected chi connectivity index (χ1v) is 12.4. The van der Waals surface area contributed by atoms with Crippen LogP contribution in [0.1, 0.15) is 37.7 Å². The first-order valence-electron chi connectivity index (χ1n) is 12.4. The van der Waals surface area contributed by atoms with Crippen LogP contribution in [-0.4, -0.2) is 94.8 Å². The quantitative estimate of drug-likeness (QED) is 0.444. The zero-order chi connectivity index (χ0) is 29.9. The Bertz CT molecular complexity index is 935. The molecule has 4 heterocycles. The Hall–Kier alpha value is -2.98. The van der Waals surface area contributed by atoms with Gasteiger partial charge in [0, 0.05) is 51.3 Å². The number of ether oxygens (including phenoxy) is 2. The Morgan fingerprint density at radius 2 is 1.48 bits per heavy atom. The number of carboxylic acids is 2. The van der Waals surface area contributed by atoms with Crippen LogP contribution in [0, 0.1) is 5.92 Å². The Kier molecular flexibility index (Phi) is 12.6. The summed E-state index contributed by atoms with van der Waals surface area (Å²) in [6, 6.07) is 4.58. The van der Waals surface area contributed by atoms with Crippen LogP contribution < -0.4 is 5.32 Å². The van der Waals surface area contributed by atoms with Crippen molar-refractivity contribution in [1.82, 2.24) is 15.2 Å². The van der Waals surface area contributed by atoms with Crippen LogP contribution in [-0.2, 0) is 30.4 Å². The van der Waals surface area contributed by atoms with Crippen LogP contribution >= 0.6 is 0 Å². The summed E-state index contributed by atoms with van der Waals surface area (Å²) in [4.78, 5) is 36.9. The molecule has 0 unspecified atom stereocenters. The second kappa shape index (κ2) is 15.1. The van der Waals surface area contributed by atoms with Crippen molar-refractivity contribution in [2.24, 2.45) is 5.92 Å². The Labute approximate surface area is 225 Å². The van der Waals surface area contributed by atoms with Crippen molar-refractivity contribution < 1.29 is 60.4 Å². The van der Waals surface area contributed by atoms with Crippen molar-refractivity contribution in [2.75, 3.05) is 26.3 Å². The van der Waals surface area contributed by atoms with E-state index in [0.29, 0.717) is 12.0 Å². The molecular formula is C24H31F6N3O7. The van der Waals surface area contributed by atoms with Crippen molar-refractivity contribution in [3.63, 3.8) is 0 Å². The van der Waals surface area contributed by atoms with Crippen molar-refractivity contribution in [3.05, 3.63) is 30.1 Å². The highest BCUT2D eigenvalue weighted by atomic mass is 19.4. The zero-order valence-electron chi connectivity index (χ0n) is 21.3. The van der Waals surface area contributed by atoms with Gasteiger partial charge in [0.2, 0.25) is 5.91 Å². The van der Waals surface area contributed by atoms with Crippen LogP contribution in [0.25, 0.3) is 0 Å². The number of nitrogens with one attached hydrogen (secondary N) is 1. The van der Waals surface area contributed by atoms with Crippen molar-refractivity contribution in [2.45, 2.75) is 69.3 Å². The molecule has 3 aliphatic rings. The molecule has 226 valence electrons. The second-order valence-electron chi connectivity index (χ2n) is 9.33. The Balaban J connectivity index is 0.000000333. The summed E-state index contributed by atoms with van der Waals surface area (Å²) < 4.78 is 75.0. The van der Waals surface area contributed by atoms with Crippen LogP contribution in [0.15, 0.2) is 24.5 Å². The summed E-state index contributed by atoms with van der Waals surface area (Å²) in [5, 5.41) is 17.4. The molecule has 0 aliphatic carbocycles. The van der Waals surface area contributed by atoms with Gasteiger partial charge < -0.3 is 25.0 Å². The summed E-state index contributed by atoms with van der Waals surface area (Å²) in [5.74, 6) is -4.89. The summed E-state index contributed by atoms with van der Waals surface area (Å²) in [5.41, 5.74) is 1.29. The van der Waals surface area contributed by atoms with E-state index in [4.69, 9.17) is 29.3 Å². The van der Waals surface area contributed by atoms with E-state index in [1.807, 2.05) is 12.4 Å². The predicted molar refractivity (Wildman–Crippen MR) is 125 cm³/mol. The number of hydrogen-bond donors (Lipinski definition) is 3. The number of carbonyl (C=O) groups excluding carboxylic acids is 1. The molecule has 1 aromatic heterocycles. The van der Waals surface area contributed by atoms with Gasteiger partial charge in [-0.25, -0.2) is 9.59 Å². The van der Waals surface area contributed by atoms with Gasteiger partial charge in [-0.05, 0) is 55.7 Å². The van der Waals surface area contributed by atoms with Crippen LogP contribution in [0.2, 0.25) is 0 Å². The van der Waals surface area contributed by atoms with Gasteiger partial charge in [-0.1, -0.05) is 0 Å². The van der Waals surface area contributed by atoms with Gasteiger partial charge in [0.15, 0.2) is 0 Å². The van der Waals surface area contributed by atoms with E-state index >= 15 is 0 Å². The molecule has 4 rings (SSSR count). The highest BCUT2D eigenvalue weighted by molar-refractivity contribution is 5.80. The SMILES string of the molecule is O=C(NCC1CCOCC1)[C@@H]1CC[C@@H]2[C@@H](CCN2Cc2ccncc2)O1.O=C(O)C(F)(F)F.O=C(O)C(F)(F)F. The highest BCUT2D eigenvalue weighted by Gasteiger charge is 2.42. The third kappa shape index (κ3) is 11.3. The van der Waals surface area contributed by atoms with Gasteiger partial charge in [0.1, 0.15) is 6.10 Å². The summed E-state index contributed by atoms with van der Waals surface area (Å²) in [6.07, 6.45) is -1.63.